The van der Waals surface area contributed by atoms with Gasteiger partial charge in [-0.05, 0) is 83.5 Å². The molecule has 0 bridgehead atoms. The van der Waals surface area contributed by atoms with Crippen molar-refractivity contribution in [2.75, 3.05) is 13.1 Å². The van der Waals surface area contributed by atoms with Gasteiger partial charge in [0.1, 0.15) is 0 Å². The molecule has 0 N–H and O–H groups in total. The Morgan fingerprint density at radius 1 is 0.289 bits per heavy atom. The monoisotopic (exact) mass is 2240 g/mol. The topological polar surface area (TPSA) is 74.8 Å². The molecular formula is C104H154Br2F8N2O4S6Sn2. The molecular weight excluding hydrogens is 2080 g/mol. The summed E-state index contributed by atoms with van der Waals surface area (Å²) < 4.78 is 139. The molecule has 2 aliphatic heterocycles. The van der Waals surface area contributed by atoms with E-state index in [0.717, 1.165) is 158 Å². The zero-order chi connectivity index (χ0) is 93.6. The fourth-order valence-corrected chi connectivity index (χ4v) is 38.0. The predicted octanol–water partition coefficient (Wildman–Crippen LogP) is 38.9. The number of carbonyl (C=O) groups is 4. The molecule has 718 valence electrons. The van der Waals surface area contributed by atoms with Gasteiger partial charge in [0.05, 0.1) is 34.7 Å². The Labute approximate surface area is 813 Å². The van der Waals surface area contributed by atoms with Crippen molar-refractivity contribution in [1.82, 2.24) is 9.80 Å². The second-order valence-electron chi connectivity index (χ2n) is 39.0. The second kappa shape index (κ2) is 54.3. The van der Waals surface area contributed by atoms with Crippen molar-refractivity contribution in [3.05, 3.63) is 86.1 Å². The number of unbranched alkanes of at least 4 members (excludes halogenated alkanes) is 42. The van der Waals surface area contributed by atoms with Crippen LogP contribution in [0.25, 0.3) is 50.1 Å². The number of halogens is 10. The first-order valence-corrected chi connectivity index (χ1v) is 76.4. The van der Waals surface area contributed by atoms with Crippen molar-refractivity contribution in [2.24, 2.45) is 0 Å². The number of thiophene rings is 6. The summed E-state index contributed by atoms with van der Waals surface area (Å²) in [6.07, 6.45) is 48.8. The molecule has 6 aromatic heterocycles. The molecule has 4 amide bonds. The minimum atomic E-state index is -3.24. The van der Waals surface area contributed by atoms with E-state index < -0.39 is 60.4 Å². The van der Waals surface area contributed by atoms with E-state index in [-0.39, 0.29) is 91.7 Å². The molecule has 24 heteroatoms. The number of hydrogen-bond donors (Lipinski definition) is 0. The molecule has 6 nitrogen and oxygen atoms in total. The summed E-state index contributed by atoms with van der Waals surface area (Å²) >= 11 is 8.98. The molecule has 128 heavy (non-hydrogen) atoms. The minimum absolute atomic E-state index is 0.0551. The Hall–Kier alpha value is -2.04. The van der Waals surface area contributed by atoms with Gasteiger partial charge in [0.2, 0.25) is 0 Å². The average molecular weight is 2240 g/mol. The maximum Gasteiger partial charge on any atom is 0.275 e. The van der Waals surface area contributed by atoms with Crippen LogP contribution in [0, 0.1) is 13.8 Å². The molecule has 0 saturated carbocycles. The van der Waals surface area contributed by atoms with E-state index >= 15 is 35.1 Å². The average Bonchev–Trinajstić information content (AvgIpc) is 1.55. The van der Waals surface area contributed by atoms with Gasteiger partial charge in [-0.3, -0.25) is 29.0 Å². The predicted molar refractivity (Wildman–Crippen MR) is 553 cm³/mol. The van der Waals surface area contributed by atoms with Gasteiger partial charge in [-0.25, -0.2) is 17.6 Å². The summed E-state index contributed by atoms with van der Waals surface area (Å²) in [7, 11) is 0. The van der Waals surface area contributed by atoms with Crippen LogP contribution in [-0.2, 0) is 23.7 Å². The number of nitrogens with zero attached hydrogens (tertiary/aromatic N) is 2. The van der Waals surface area contributed by atoms with Crippen LogP contribution in [0.5, 0.6) is 0 Å². The molecule has 0 fully saturated rings. The third-order valence-electron chi connectivity index (χ3n) is 25.8. The van der Waals surface area contributed by atoms with E-state index in [4.69, 9.17) is 0 Å². The minimum Gasteiger partial charge on any atom is -0.274 e. The number of imide groups is 2. The van der Waals surface area contributed by atoms with Crippen LogP contribution < -0.4 is 5.79 Å². The van der Waals surface area contributed by atoms with Crippen LogP contribution in [0.1, 0.15) is 449 Å². The van der Waals surface area contributed by atoms with E-state index in [2.05, 4.69) is 103 Å². The van der Waals surface area contributed by atoms with Gasteiger partial charge in [-0.15, -0.1) is 45.3 Å². The Kier molecular flexibility index (Phi) is 47.2. The summed E-state index contributed by atoms with van der Waals surface area (Å²) in [6.45, 7) is 17.6. The van der Waals surface area contributed by atoms with Crippen molar-refractivity contribution < 1.29 is 54.3 Å². The third kappa shape index (κ3) is 31.0. The van der Waals surface area contributed by atoms with Crippen molar-refractivity contribution in [2.45, 2.75) is 443 Å². The standard InChI is InChI=1S/C50H71F4NO2S3.C34H48F4S2.C14H17Br2NO2S.6CH3.2Sn/c1-6-9-12-15-18-20-22-24-27-30-49(51,52)42-37-33-35(4)58-44(37)43(50(53,54)31-28-25-23-21-19-16-13-10-7-2)38-34-39(60-45(38)42)46-41-40(36(5)59-46)47(56)55(48(41)57)32-29-26-17-14-11-8-3;1-3-5-7-9-11-13-15-17-19-23-33(35,36)29-27-21-25-40-32(27)30(28-22-26-39-31(28)29)34(37,38)24-20-18-16-14-12-10-8-6-4-2;1-2-3-4-5-6-7-8-17-13(18)9-10(14(17)19)12(16)20-11(9)15;;;;;;;;/h33-34H,6-32H2,1-5H3;21-22H,3-20,23-24H2,1-2H3;2-8H2,1H3;6*1H3;;. The molecule has 0 radical (unpaired) electrons. The van der Waals surface area contributed by atoms with Gasteiger partial charge in [0, 0.05) is 71.9 Å². The summed E-state index contributed by atoms with van der Waals surface area (Å²) in [4.78, 5) is 71.0. The van der Waals surface area contributed by atoms with Gasteiger partial charge >= 0.3 is 258 Å². The van der Waals surface area contributed by atoms with Crippen LogP contribution in [0.3, 0.4) is 0 Å². The first-order chi connectivity index (χ1) is 61.0. The Balaban J connectivity index is 0.000000264. The van der Waals surface area contributed by atoms with Crippen molar-refractivity contribution in [1.29, 1.82) is 0 Å². The fourth-order valence-electron chi connectivity index (χ4n) is 18.3. The molecule has 0 atom stereocenters. The smallest absolute Gasteiger partial charge is 0.274 e. The number of hydrogen-bond acceptors (Lipinski definition) is 10. The van der Waals surface area contributed by atoms with Crippen LogP contribution in [0.15, 0.2) is 31.8 Å². The molecule has 0 aliphatic carbocycles. The van der Waals surface area contributed by atoms with Gasteiger partial charge in [0.15, 0.2) is 0 Å². The number of rotatable bonds is 61. The molecule has 0 saturated heterocycles. The van der Waals surface area contributed by atoms with E-state index in [1.54, 1.807) is 12.1 Å². The summed E-state index contributed by atoms with van der Waals surface area (Å²) in [5.41, 5.74) is 1.50. The van der Waals surface area contributed by atoms with Crippen LogP contribution in [0.4, 0.5) is 35.1 Å². The van der Waals surface area contributed by atoms with E-state index in [9.17, 15) is 19.2 Å². The van der Waals surface area contributed by atoms with E-state index in [1.165, 1.54) is 208 Å². The zero-order valence-electron chi connectivity index (χ0n) is 80.2. The molecule has 2 aromatic carbocycles. The zero-order valence-corrected chi connectivity index (χ0v) is 94.0. The molecule has 8 aromatic rings. The molecule has 10 rings (SSSR count). The van der Waals surface area contributed by atoms with Crippen LogP contribution >= 0.6 is 99.9 Å². The maximum atomic E-state index is 16.9. The largest absolute Gasteiger partial charge is 0.275 e. The van der Waals surface area contributed by atoms with Gasteiger partial charge < -0.3 is 0 Å². The molecule has 8 heterocycles. The first-order valence-electron chi connectivity index (χ1n) is 49.9. The number of carbonyl (C=O) groups excluding carboxylic acids is 4. The van der Waals surface area contributed by atoms with E-state index in [0.29, 0.717) is 109 Å². The van der Waals surface area contributed by atoms with Crippen LogP contribution in [-0.4, -0.2) is 83.3 Å². The normalized spacial score (nSPS) is 13.6. The van der Waals surface area contributed by atoms with Crippen LogP contribution in [0.2, 0.25) is 29.6 Å². The number of alkyl halides is 8. The summed E-state index contributed by atoms with van der Waals surface area (Å²) in [6, 6.07) is 7.21. The Bertz CT molecular complexity index is 4510. The Morgan fingerprint density at radius 3 is 0.828 bits per heavy atom. The third-order valence-corrected chi connectivity index (χ3v) is 53.0. The van der Waals surface area contributed by atoms with Crippen molar-refractivity contribution in [3.63, 3.8) is 0 Å². The summed E-state index contributed by atoms with van der Waals surface area (Å²) in [5, 5.41) is 1.24. The molecule has 0 spiro atoms. The molecule has 0 unspecified atom stereocenters. The fraction of sp³-hybridized carbons (Fsp3) is 0.692. The van der Waals surface area contributed by atoms with Gasteiger partial charge in [-0.1, -0.05) is 247 Å². The van der Waals surface area contributed by atoms with Crippen molar-refractivity contribution >= 4 is 206 Å². The first kappa shape index (κ1) is 111. The maximum absolute atomic E-state index is 16.9. The number of benzene rings is 2. The van der Waals surface area contributed by atoms with E-state index in [1.807, 2.05) is 26.0 Å². The molecule has 2 aliphatic rings. The SMILES string of the molecule is CCCCCCCCCCCC(F)(F)c1c2c[c]([Sn]([CH3])([CH3])[CH3])sc2c(C(F)(F)CCCCCCCCCCC)c2c[c]([Sn]([CH3])([CH3])[CH3])sc12.CCCCCCCCCCCC(F)(F)c1c2cc(-c3sc(C)c4c3C(=O)N(CCCCCCCC)C4=O)sc2c(C(F)(F)CCCCCCCCCCC)c2cc(C)sc12.CCCCCCCCN1C(=O)c2c(Br)sc(Br)c2C1=O. The van der Waals surface area contributed by atoms with Crippen molar-refractivity contribution in [3.8, 4) is 9.75 Å². The number of fused-ring (bicyclic) bond motifs is 6. The summed E-state index contributed by atoms with van der Waals surface area (Å²) in [5.74, 6) is -13.6. The van der Waals surface area contributed by atoms with Gasteiger partial charge in [0.25, 0.3) is 35.5 Å². The number of amides is 4. The second-order valence-corrected chi connectivity index (χ2v) is 79.1. The van der Waals surface area contributed by atoms with Gasteiger partial charge in [-0.2, -0.15) is 0 Å². The quantitative estimate of drug-likeness (QED) is 0.0165. The Morgan fingerprint density at radius 2 is 0.531 bits per heavy atom. The number of aryl methyl sites for hydroxylation is 2.